The van der Waals surface area contributed by atoms with Gasteiger partial charge in [-0.15, -0.1) is 0 Å². The van der Waals surface area contributed by atoms with Crippen molar-refractivity contribution in [2.75, 3.05) is 19.8 Å². The minimum Gasteiger partial charge on any atom is -0.491 e. The quantitative estimate of drug-likeness (QED) is 0.719. The Morgan fingerprint density at radius 3 is 3.07 bits per heavy atom. The van der Waals surface area contributed by atoms with Gasteiger partial charge in [0.1, 0.15) is 12.4 Å². The highest BCUT2D eigenvalue weighted by molar-refractivity contribution is 5.39. The second-order valence-corrected chi connectivity index (χ2v) is 3.79. The Balaban J connectivity index is 1.85. The molecular formula is C12H17NO2. The Bertz CT molecular complexity index is 314. The number of hydrogen-bond acceptors (Lipinski definition) is 3. The molecule has 0 amide bonds. The lowest BCUT2D eigenvalue weighted by Crippen LogP contribution is -2.23. The van der Waals surface area contributed by atoms with Gasteiger partial charge in [0, 0.05) is 12.2 Å². The number of aliphatic hydroxyl groups excluding tert-OH is 1. The summed E-state index contributed by atoms with van der Waals surface area (Å²) in [4.78, 5) is 0. The van der Waals surface area contributed by atoms with Crippen molar-refractivity contribution in [3.8, 4) is 5.75 Å². The summed E-state index contributed by atoms with van der Waals surface area (Å²) < 4.78 is 5.56. The SMILES string of the molecule is OCCCCNC1COc2ccccc21. The summed E-state index contributed by atoms with van der Waals surface area (Å²) in [7, 11) is 0. The molecule has 1 unspecified atom stereocenters. The number of benzene rings is 1. The van der Waals surface area contributed by atoms with Crippen LogP contribution in [0, 0.1) is 0 Å². The summed E-state index contributed by atoms with van der Waals surface area (Å²) in [6.45, 7) is 1.93. The molecule has 0 bridgehead atoms. The van der Waals surface area contributed by atoms with E-state index in [0.717, 1.165) is 31.7 Å². The van der Waals surface area contributed by atoms with Crippen LogP contribution in [0.3, 0.4) is 0 Å². The molecule has 1 heterocycles. The first-order valence-corrected chi connectivity index (χ1v) is 5.48. The van der Waals surface area contributed by atoms with Gasteiger partial charge in [0.15, 0.2) is 0 Å². The van der Waals surface area contributed by atoms with E-state index >= 15 is 0 Å². The maximum atomic E-state index is 8.66. The summed E-state index contributed by atoms with van der Waals surface area (Å²) in [6, 6.07) is 8.46. The predicted octanol–water partition coefficient (Wildman–Crippen LogP) is 1.48. The Labute approximate surface area is 90.1 Å². The van der Waals surface area contributed by atoms with Crippen molar-refractivity contribution >= 4 is 0 Å². The molecule has 2 N–H and O–H groups in total. The van der Waals surface area contributed by atoms with Crippen LogP contribution in [0.5, 0.6) is 5.75 Å². The smallest absolute Gasteiger partial charge is 0.124 e. The second-order valence-electron chi connectivity index (χ2n) is 3.79. The first-order chi connectivity index (χ1) is 7.42. The van der Waals surface area contributed by atoms with Gasteiger partial charge in [0.2, 0.25) is 0 Å². The van der Waals surface area contributed by atoms with Crippen LogP contribution in [0.1, 0.15) is 24.4 Å². The molecule has 0 aromatic heterocycles. The predicted molar refractivity (Wildman–Crippen MR) is 59.0 cm³/mol. The van der Waals surface area contributed by atoms with Gasteiger partial charge >= 0.3 is 0 Å². The average Bonchev–Trinajstić information content (AvgIpc) is 2.68. The van der Waals surface area contributed by atoms with Gasteiger partial charge in [-0.3, -0.25) is 0 Å². The first kappa shape index (κ1) is 10.5. The topological polar surface area (TPSA) is 41.5 Å². The number of ether oxygens (including phenoxy) is 1. The van der Waals surface area contributed by atoms with Crippen LogP contribution >= 0.6 is 0 Å². The zero-order chi connectivity index (χ0) is 10.5. The first-order valence-electron chi connectivity index (χ1n) is 5.48. The molecular weight excluding hydrogens is 190 g/mol. The van der Waals surface area contributed by atoms with Gasteiger partial charge in [-0.1, -0.05) is 18.2 Å². The van der Waals surface area contributed by atoms with Gasteiger partial charge in [-0.05, 0) is 25.5 Å². The van der Waals surface area contributed by atoms with E-state index in [2.05, 4.69) is 11.4 Å². The molecule has 1 aliphatic heterocycles. The molecule has 0 saturated carbocycles. The van der Waals surface area contributed by atoms with Crippen molar-refractivity contribution in [1.82, 2.24) is 5.32 Å². The van der Waals surface area contributed by atoms with Gasteiger partial charge in [-0.25, -0.2) is 0 Å². The van der Waals surface area contributed by atoms with E-state index in [4.69, 9.17) is 9.84 Å². The van der Waals surface area contributed by atoms with E-state index in [0.29, 0.717) is 6.04 Å². The number of fused-ring (bicyclic) bond motifs is 1. The van der Waals surface area contributed by atoms with Gasteiger partial charge in [0.25, 0.3) is 0 Å². The Kier molecular flexibility index (Phi) is 3.59. The van der Waals surface area contributed by atoms with E-state index in [1.165, 1.54) is 5.56 Å². The summed E-state index contributed by atoms with van der Waals surface area (Å²) in [5, 5.41) is 12.1. The van der Waals surface area contributed by atoms with Gasteiger partial charge < -0.3 is 15.2 Å². The van der Waals surface area contributed by atoms with E-state index < -0.39 is 0 Å². The van der Waals surface area contributed by atoms with Crippen LogP contribution < -0.4 is 10.1 Å². The molecule has 1 atom stereocenters. The third-order valence-corrected chi connectivity index (χ3v) is 2.68. The fraction of sp³-hybridized carbons (Fsp3) is 0.500. The number of unbranched alkanes of at least 4 members (excludes halogenated alkanes) is 1. The maximum Gasteiger partial charge on any atom is 0.124 e. The number of aliphatic hydroxyl groups is 1. The van der Waals surface area contributed by atoms with Crippen LogP contribution in [0.4, 0.5) is 0 Å². The van der Waals surface area contributed by atoms with Crippen molar-refractivity contribution in [3.05, 3.63) is 29.8 Å². The van der Waals surface area contributed by atoms with Crippen LogP contribution in [0.15, 0.2) is 24.3 Å². The maximum absolute atomic E-state index is 8.66. The standard InChI is InChI=1S/C12H17NO2/c14-8-4-3-7-13-11-9-15-12-6-2-1-5-10(11)12/h1-2,5-6,11,13-14H,3-4,7-9H2. The Morgan fingerprint density at radius 2 is 2.20 bits per heavy atom. The van der Waals surface area contributed by atoms with E-state index in [1.54, 1.807) is 0 Å². The van der Waals surface area contributed by atoms with Crippen LogP contribution in [0.2, 0.25) is 0 Å². The van der Waals surface area contributed by atoms with E-state index in [9.17, 15) is 0 Å². The normalized spacial score (nSPS) is 18.6. The average molecular weight is 207 g/mol. The zero-order valence-electron chi connectivity index (χ0n) is 8.78. The molecule has 1 aliphatic rings. The Hall–Kier alpha value is -1.06. The number of rotatable bonds is 5. The summed E-state index contributed by atoms with van der Waals surface area (Å²) in [5.74, 6) is 0.997. The lowest BCUT2D eigenvalue weighted by Gasteiger charge is -2.10. The highest BCUT2D eigenvalue weighted by atomic mass is 16.5. The number of nitrogens with one attached hydrogen (secondary N) is 1. The van der Waals surface area contributed by atoms with Crippen LogP contribution in [-0.4, -0.2) is 24.9 Å². The van der Waals surface area contributed by atoms with Gasteiger partial charge in [0.05, 0.1) is 6.04 Å². The van der Waals surface area contributed by atoms with Crippen molar-refractivity contribution in [2.45, 2.75) is 18.9 Å². The van der Waals surface area contributed by atoms with E-state index in [1.807, 2.05) is 18.2 Å². The molecule has 0 aliphatic carbocycles. The highest BCUT2D eigenvalue weighted by Gasteiger charge is 2.22. The zero-order valence-corrected chi connectivity index (χ0v) is 8.78. The molecule has 0 spiro atoms. The minimum absolute atomic E-state index is 0.277. The summed E-state index contributed by atoms with van der Waals surface area (Å²) >= 11 is 0. The van der Waals surface area contributed by atoms with Crippen molar-refractivity contribution in [1.29, 1.82) is 0 Å². The third kappa shape index (κ3) is 2.49. The molecule has 2 rings (SSSR count). The van der Waals surface area contributed by atoms with E-state index in [-0.39, 0.29) is 6.61 Å². The third-order valence-electron chi connectivity index (χ3n) is 2.68. The van der Waals surface area contributed by atoms with Crippen LogP contribution in [-0.2, 0) is 0 Å². The highest BCUT2D eigenvalue weighted by Crippen LogP contribution is 2.31. The minimum atomic E-state index is 0.277. The molecule has 1 aromatic carbocycles. The van der Waals surface area contributed by atoms with Crippen molar-refractivity contribution in [2.24, 2.45) is 0 Å². The molecule has 0 fully saturated rings. The molecule has 3 heteroatoms. The number of hydrogen-bond donors (Lipinski definition) is 2. The number of para-hydroxylation sites is 1. The fourth-order valence-corrected chi connectivity index (χ4v) is 1.84. The van der Waals surface area contributed by atoms with Crippen molar-refractivity contribution < 1.29 is 9.84 Å². The molecule has 3 nitrogen and oxygen atoms in total. The monoisotopic (exact) mass is 207 g/mol. The summed E-state index contributed by atoms with van der Waals surface area (Å²) in [5.41, 5.74) is 1.25. The fourth-order valence-electron chi connectivity index (χ4n) is 1.84. The lowest BCUT2D eigenvalue weighted by molar-refractivity contribution is 0.278. The van der Waals surface area contributed by atoms with Crippen LogP contribution in [0.25, 0.3) is 0 Å². The second kappa shape index (κ2) is 5.14. The molecule has 0 saturated heterocycles. The van der Waals surface area contributed by atoms with Gasteiger partial charge in [-0.2, -0.15) is 0 Å². The largest absolute Gasteiger partial charge is 0.491 e. The molecule has 82 valence electrons. The van der Waals surface area contributed by atoms with Crippen molar-refractivity contribution in [3.63, 3.8) is 0 Å². The molecule has 1 aromatic rings. The molecule has 0 radical (unpaired) electrons. The lowest BCUT2D eigenvalue weighted by atomic mass is 10.1. The molecule has 15 heavy (non-hydrogen) atoms. The Morgan fingerprint density at radius 1 is 1.33 bits per heavy atom. The summed E-state index contributed by atoms with van der Waals surface area (Å²) in [6.07, 6.45) is 1.87.